The molecule has 2 rings (SSSR count). The zero-order valence-electron chi connectivity index (χ0n) is 14.3. The molecule has 0 spiro atoms. The highest BCUT2D eigenvalue weighted by atomic mass is 16.5. The van der Waals surface area contributed by atoms with Crippen molar-refractivity contribution in [3.63, 3.8) is 0 Å². The average Bonchev–Trinajstić information content (AvgIpc) is 2.83. The molecule has 1 amide bonds. The number of methoxy groups -OCH3 is 3. The minimum atomic E-state index is -0.540. The molecule has 6 heteroatoms. The summed E-state index contributed by atoms with van der Waals surface area (Å²) in [6.07, 6.45) is 1.66. The van der Waals surface area contributed by atoms with Crippen LogP contribution in [0.4, 0.5) is 0 Å². The number of para-hydroxylation sites is 1. The Balaban J connectivity index is 2.52. The van der Waals surface area contributed by atoms with E-state index in [0.717, 1.165) is 0 Å². The van der Waals surface area contributed by atoms with Crippen LogP contribution in [0.2, 0.25) is 0 Å². The summed E-state index contributed by atoms with van der Waals surface area (Å²) in [5.74, 6) is -0.173. The molecule has 1 aromatic rings. The maximum absolute atomic E-state index is 12.8. The molecule has 1 aliphatic rings. The molecule has 0 aliphatic carbocycles. The van der Waals surface area contributed by atoms with E-state index in [1.165, 1.54) is 12.0 Å². The van der Waals surface area contributed by atoms with Crippen molar-refractivity contribution >= 4 is 18.0 Å². The number of carbonyl (C=O) groups excluding carboxylic acids is 2. The number of ether oxygens (including phenoxy) is 3. The van der Waals surface area contributed by atoms with Crippen LogP contribution in [0.15, 0.2) is 41.1 Å². The zero-order chi connectivity index (χ0) is 17.7. The van der Waals surface area contributed by atoms with Crippen LogP contribution in [0.5, 0.6) is 5.75 Å². The lowest BCUT2D eigenvalue weighted by Crippen LogP contribution is -2.28. The number of esters is 1. The molecule has 6 nitrogen and oxygen atoms in total. The Kier molecular flexibility index (Phi) is 5.76. The van der Waals surface area contributed by atoms with Gasteiger partial charge in [-0.3, -0.25) is 4.79 Å². The van der Waals surface area contributed by atoms with Crippen LogP contribution in [-0.2, 0) is 19.1 Å². The summed E-state index contributed by atoms with van der Waals surface area (Å²) < 4.78 is 15.2. The normalized spacial score (nSPS) is 16.1. The first-order valence-corrected chi connectivity index (χ1v) is 7.50. The Morgan fingerprint density at radius 1 is 1.21 bits per heavy atom. The number of rotatable bonds is 6. The molecular formula is C18H21NO5. The fourth-order valence-corrected chi connectivity index (χ4v) is 2.62. The minimum Gasteiger partial charge on any atom is -0.496 e. The number of carbonyl (C=O) groups is 2. The molecule has 0 aromatic heterocycles. The van der Waals surface area contributed by atoms with Crippen molar-refractivity contribution in [3.05, 3.63) is 46.7 Å². The number of amides is 1. The summed E-state index contributed by atoms with van der Waals surface area (Å²) in [6, 6.07) is 7.29. The fraction of sp³-hybridized carbons (Fsp3) is 0.333. The summed E-state index contributed by atoms with van der Waals surface area (Å²) >= 11 is 0. The third kappa shape index (κ3) is 3.33. The summed E-state index contributed by atoms with van der Waals surface area (Å²) in [6.45, 7) is 2.47. The predicted molar refractivity (Wildman–Crippen MR) is 89.3 cm³/mol. The molecule has 0 unspecified atom stereocenters. The standard InChI is InChI=1S/C18H21NO5/c1-12-16(18(21)24-4)14(17(20)19(12)9-10-22-2)11-13-7-5-6-8-15(13)23-3/h5-8,11H,9-10H2,1-4H3/b14-11-. The zero-order valence-corrected chi connectivity index (χ0v) is 14.3. The molecule has 0 fully saturated rings. The number of hydrogen-bond donors (Lipinski definition) is 0. The van der Waals surface area contributed by atoms with Gasteiger partial charge < -0.3 is 19.1 Å². The van der Waals surface area contributed by atoms with E-state index in [0.29, 0.717) is 35.7 Å². The van der Waals surface area contributed by atoms with Gasteiger partial charge in [-0.2, -0.15) is 0 Å². The smallest absolute Gasteiger partial charge is 0.340 e. The number of allylic oxidation sites excluding steroid dienone is 1. The highest BCUT2D eigenvalue weighted by Crippen LogP contribution is 2.33. The Hall–Kier alpha value is -2.60. The van der Waals surface area contributed by atoms with Crippen LogP contribution in [0.25, 0.3) is 6.08 Å². The van der Waals surface area contributed by atoms with E-state index >= 15 is 0 Å². The van der Waals surface area contributed by atoms with Crippen molar-refractivity contribution in [2.24, 2.45) is 0 Å². The third-order valence-electron chi connectivity index (χ3n) is 3.86. The average molecular weight is 331 g/mol. The first-order valence-electron chi connectivity index (χ1n) is 7.50. The second-order valence-corrected chi connectivity index (χ2v) is 5.20. The fourth-order valence-electron chi connectivity index (χ4n) is 2.62. The first-order chi connectivity index (χ1) is 11.5. The van der Waals surface area contributed by atoms with Crippen molar-refractivity contribution in [2.75, 3.05) is 34.5 Å². The highest BCUT2D eigenvalue weighted by Gasteiger charge is 2.36. The van der Waals surface area contributed by atoms with E-state index in [-0.39, 0.29) is 11.5 Å². The Morgan fingerprint density at radius 2 is 1.92 bits per heavy atom. The van der Waals surface area contributed by atoms with E-state index < -0.39 is 5.97 Å². The molecule has 0 saturated heterocycles. The van der Waals surface area contributed by atoms with Gasteiger partial charge in [0.25, 0.3) is 5.91 Å². The lowest BCUT2D eigenvalue weighted by atomic mass is 10.0. The van der Waals surface area contributed by atoms with Crippen molar-refractivity contribution in [1.82, 2.24) is 4.90 Å². The molecule has 1 heterocycles. The number of benzene rings is 1. The molecule has 0 radical (unpaired) electrons. The first kappa shape index (κ1) is 17.7. The third-order valence-corrected chi connectivity index (χ3v) is 3.86. The topological polar surface area (TPSA) is 65.1 Å². The van der Waals surface area contributed by atoms with Gasteiger partial charge in [-0.1, -0.05) is 18.2 Å². The van der Waals surface area contributed by atoms with Gasteiger partial charge in [0.15, 0.2) is 0 Å². The van der Waals surface area contributed by atoms with Crippen LogP contribution in [0.1, 0.15) is 12.5 Å². The van der Waals surface area contributed by atoms with Crippen LogP contribution in [0.3, 0.4) is 0 Å². The quantitative estimate of drug-likeness (QED) is 0.589. The second-order valence-electron chi connectivity index (χ2n) is 5.20. The molecule has 0 saturated carbocycles. The predicted octanol–water partition coefficient (Wildman–Crippen LogP) is 2.01. The van der Waals surface area contributed by atoms with Crippen molar-refractivity contribution in [2.45, 2.75) is 6.92 Å². The molecule has 24 heavy (non-hydrogen) atoms. The summed E-state index contributed by atoms with van der Waals surface area (Å²) in [4.78, 5) is 26.5. The Bertz CT molecular complexity index is 705. The van der Waals surface area contributed by atoms with Gasteiger partial charge in [0, 0.05) is 24.9 Å². The van der Waals surface area contributed by atoms with Gasteiger partial charge in [0.05, 0.1) is 32.0 Å². The molecule has 0 atom stereocenters. The second kappa shape index (κ2) is 7.79. The summed E-state index contributed by atoms with van der Waals surface area (Å²) in [5, 5.41) is 0. The van der Waals surface area contributed by atoms with Gasteiger partial charge in [0.1, 0.15) is 5.75 Å². The maximum atomic E-state index is 12.8. The lowest BCUT2D eigenvalue weighted by molar-refractivity contribution is -0.136. The van der Waals surface area contributed by atoms with Gasteiger partial charge in [0.2, 0.25) is 0 Å². The van der Waals surface area contributed by atoms with Gasteiger partial charge >= 0.3 is 5.97 Å². The van der Waals surface area contributed by atoms with E-state index in [4.69, 9.17) is 14.2 Å². The van der Waals surface area contributed by atoms with E-state index in [1.54, 1.807) is 33.3 Å². The van der Waals surface area contributed by atoms with Crippen LogP contribution >= 0.6 is 0 Å². The minimum absolute atomic E-state index is 0.254. The van der Waals surface area contributed by atoms with E-state index in [1.807, 2.05) is 18.2 Å². The maximum Gasteiger partial charge on any atom is 0.340 e. The Morgan fingerprint density at radius 3 is 2.54 bits per heavy atom. The summed E-state index contributed by atoms with van der Waals surface area (Å²) in [7, 11) is 4.42. The highest BCUT2D eigenvalue weighted by molar-refractivity contribution is 6.16. The van der Waals surface area contributed by atoms with E-state index in [9.17, 15) is 9.59 Å². The molecular weight excluding hydrogens is 310 g/mol. The van der Waals surface area contributed by atoms with Crippen LogP contribution in [0, 0.1) is 0 Å². The van der Waals surface area contributed by atoms with Crippen LogP contribution < -0.4 is 4.74 Å². The monoisotopic (exact) mass is 331 g/mol. The van der Waals surface area contributed by atoms with Gasteiger partial charge in [-0.25, -0.2) is 4.79 Å². The van der Waals surface area contributed by atoms with E-state index in [2.05, 4.69) is 0 Å². The summed E-state index contributed by atoms with van der Waals surface area (Å²) in [5.41, 5.74) is 1.83. The van der Waals surface area contributed by atoms with Gasteiger partial charge in [-0.15, -0.1) is 0 Å². The molecule has 1 aromatic carbocycles. The molecule has 0 bridgehead atoms. The number of nitrogens with zero attached hydrogens (tertiary/aromatic N) is 1. The molecule has 128 valence electrons. The van der Waals surface area contributed by atoms with Crippen LogP contribution in [-0.4, -0.2) is 51.3 Å². The molecule has 0 N–H and O–H groups in total. The van der Waals surface area contributed by atoms with Crippen molar-refractivity contribution in [1.29, 1.82) is 0 Å². The SMILES string of the molecule is COCCN1C(=O)/C(=C\c2ccccc2OC)C(C(=O)OC)=C1C. The van der Waals surface area contributed by atoms with Crippen molar-refractivity contribution in [3.8, 4) is 5.75 Å². The largest absolute Gasteiger partial charge is 0.496 e. The van der Waals surface area contributed by atoms with Crippen molar-refractivity contribution < 1.29 is 23.8 Å². The van der Waals surface area contributed by atoms with Gasteiger partial charge in [-0.05, 0) is 19.1 Å². The molecule has 1 aliphatic heterocycles. The lowest BCUT2D eigenvalue weighted by Gasteiger charge is -2.16. The Labute approximate surface area is 141 Å². The number of hydrogen-bond acceptors (Lipinski definition) is 5.